The Balaban J connectivity index is 1.71. The molecule has 0 aromatic heterocycles. The van der Waals surface area contributed by atoms with Crippen molar-refractivity contribution in [3.63, 3.8) is 0 Å². The van der Waals surface area contributed by atoms with Gasteiger partial charge in [0.05, 0.1) is 11.4 Å². The van der Waals surface area contributed by atoms with E-state index in [0.29, 0.717) is 10.7 Å². The van der Waals surface area contributed by atoms with Crippen LogP contribution in [0.3, 0.4) is 0 Å². The van der Waals surface area contributed by atoms with Gasteiger partial charge in [0.2, 0.25) is 5.91 Å². The summed E-state index contributed by atoms with van der Waals surface area (Å²) < 4.78 is 13.0. The third-order valence-electron chi connectivity index (χ3n) is 4.12. The van der Waals surface area contributed by atoms with Gasteiger partial charge in [-0.1, -0.05) is 23.7 Å². The highest BCUT2D eigenvalue weighted by Crippen LogP contribution is 2.48. The van der Waals surface area contributed by atoms with E-state index in [9.17, 15) is 9.18 Å². The van der Waals surface area contributed by atoms with Gasteiger partial charge in [-0.15, -0.1) is 0 Å². The molecule has 0 radical (unpaired) electrons. The number of nitrogens with zero attached hydrogens (tertiary/aromatic N) is 1. The van der Waals surface area contributed by atoms with E-state index in [0.717, 1.165) is 17.7 Å². The lowest BCUT2D eigenvalue weighted by Crippen LogP contribution is -2.18. The summed E-state index contributed by atoms with van der Waals surface area (Å²) in [7, 11) is 3.83. The summed E-state index contributed by atoms with van der Waals surface area (Å²) in [4.78, 5) is 14.4. The number of rotatable bonds is 4. The molecule has 5 heteroatoms. The van der Waals surface area contributed by atoms with E-state index in [1.165, 1.54) is 12.1 Å². The second kappa shape index (κ2) is 6.20. The fourth-order valence-corrected chi connectivity index (χ4v) is 2.96. The van der Waals surface area contributed by atoms with E-state index in [-0.39, 0.29) is 23.6 Å². The van der Waals surface area contributed by atoms with Crippen molar-refractivity contribution in [1.29, 1.82) is 0 Å². The molecule has 120 valence electrons. The molecule has 1 aliphatic carbocycles. The molecule has 2 aromatic carbocycles. The van der Waals surface area contributed by atoms with Crippen molar-refractivity contribution in [1.82, 2.24) is 0 Å². The van der Waals surface area contributed by atoms with Crippen molar-refractivity contribution >= 4 is 28.9 Å². The van der Waals surface area contributed by atoms with Gasteiger partial charge in [0.25, 0.3) is 0 Å². The standard InChI is InChI=1S/C18H18ClFN2O/c1-22(2)17-8-5-12(19)9-16(17)21-18(23)15-10-14(15)11-3-6-13(20)7-4-11/h3-9,14-15H,10H2,1-2H3,(H,21,23). The van der Waals surface area contributed by atoms with Crippen molar-refractivity contribution in [2.75, 3.05) is 24.3 Å². The Bertz CT molecular complexity index is 730. The van der Waals surface area contributed by atoms with Crippen LogP contribution in [0.1, 0.15) is 17.9 Å². The zero-order valence-corrected chi connectivity index (χ0v) is 13.8. The summed E-state index contributed by atoms with van der Waals surface area (Å²) in [6.45, 7) is 0. The van der Waals surface area contributed by atoms with Crippen LogP contribution in [0, 0.1) is 11.7 Å². The molecule has 1 aliphatic rings. The molecule has 23 heavy (non-hydrogen) atoms. The normalized spacial score (nSPS) is 19.3. The van der Waals surface area contributed by atoms with Crippen LogP contribution in [0.15, 0.2) is 42.5 Å². The molecule has 0 bridgehead atoms. The molecule has 1 amide bonds. The van der Waals surface area contributed by atoms with E-state index in [1.807, 2.05) is 25.1 Å². The maximum atomic E-state index is 13.0. The Morgan fingerprint density at radius 2 is 1.91 bits per heavy atom. The zero-order chi connectivity index (χ0) is 16.6. The Kier molecular flexibility index (Phi) is 4.26. The lowest BCUT2D eigenvalue weighted by Gasteiger charge is -2.18. The van der Waals surface area contributed by atoms with E-state index in [1.54, 1.807) is 24.3 Å². The maximum absolute atomic E-state index is 13.0. The largest absolute Gasteiger partial charge is 0.376 e. The van der Waals surface area contributed by atoms with Crippen molar-refractivity contribution < 1.29 is 9.18 Å². The van der Waals surface area contributed by atoms with Crippen molar-refractivity contribution in [2.24, 2.45) is 5.92 Å². The zero-order valence-electron chi connectivity index (χ0n) is 13.0. The summed E-state index contributed by atoms with van der Waals surface area (Å²) in [6.07, 6.45) is 0.787. The third kappa shape index (κ3) is 3.48. The van der Waals surface area contributed by atoms with Crippen LogP contribution in [-0.4, -0.2) is 20.0 Å². The minimum atomic E-state index is -0.259. The predicted molar refractivity (Wildman–Crippen MR) is 91.7 cm³/mol. The fraction of sp³-hybridized carbons (Fsp3) is 0.278. The lowest BCUT2D eigenvalue weighted by atomic mass is 10.1. The molecule has 3 rings (SSSR count). The Morgan fingerprint density at radius 3 is 2.57 bits per heavy atom. The molecule has 2 atom stereocenters. The highest BCUT2D eigenvalue weighted by atomic mass is 35.5. The molecule has 3 nitrogen and oxygen atoms in total. The van der Waals surface area contributed by atoms with Crippen LogP contribution in [-0.2, 0) is 4.79 Å². The van der Waals surface area contributed by atoms with E-state index in [2.05, 4.69) is 5.32 Å². The molecule has 1 fully saturated rings. The molecule has 2 aromatic rings. The van der Waals surface area contributed by atoms with Gasteiger partial charge in [0.15, 0.2) is 0 Å². The van der Waals surface area contributed by atoms with Crippen molar-refractivity contribution in [2.45, 2.75) is 12.3 Å². The van der Waals surface area contributed by atoms with Crippen LogP contribution in [0.2, 0.25) is 5.02 Å². The first-order valence-corrected chi connectivity index (χ1v) is 7.86. The molecule has 0 heterocycles. The third-order valence-corrected chi connectivity index (χ3v) is 4.36. The Labute approximate surface area is 140 Å². The number of anilines is 2. The fourth-order valence-electron chi connectivity index (χ4n) is 2.79. The smallest absolute Gasteiger partial charge is 0.228 e. The number of nitrogens with one attached hydrogen (secondary N) is 1. The minimum absolute atomic E-state index is 0.0234. The minimum Gasteiger partial charge on any atom is -0.376 e. The average Bonchev–Trinajstić information content (AvgIpc) is 3.28. The highest BCUT2D eigenvalue weighted by molar-refractivity contribution is 6.31. The van der Waals surface area contributed by atoms with Crippen LogP contribution >= 0.6 is 11.6 Å². The average molecular weight is 333 g/mol. The molecule has 1 N–H and O–H groups in total. The summed E-state index contributed by atoms with van der Waals surface area (Å²) >= 11 is 6.03. The second-order valence-electron chi connectivity index (χ2n) is 6.05. The maximum Gasteiger partial charge on any atom is 0.228 e. The van der Waals surface area contributed by atoms with Gasteiger partial charge in [-0.2, -0.15) is 0 Å². The molecular formula is C18H18ClFN2O. The number of benzene rings is 2. The summed E-state index contributed by atoms with van der Waals surface area (Å²) in [6, 6.07) is 11.8. The van der Waals surface area contributed by atoms with Crippen LogP contribution in [0.5, 0.6) is 0 Å². The molecule has 0 spiro atoms. The predicted octanol–water partition coefficient (Wildman–Crippen LogP) is 4.29. The van der Waals surface area contributed by atoms with Gasteiger partial charge in [0.1, 0.15) is 5.82 Å². The van der Waals surface area contributed by atoms with Crippen molar-refractivity contribution in [3.05, 3.63) is 58.9 Å². The van der Waals surface area contributed by atoms with Gasteiger partial charge >= 0.3 is 0 Å². The topological polar surface area (TPSA) is 32.3 Å². The molecule has 0 aliphatic heterocycles. The van der Waals surface area contributed by atoms with Gasteiger partial charge in [-0.25, -0.2) is 4.39 Å². The van der Waals surface area contributed by atoms with Crippen LogP contribution < -0.4 is 10.2 Å². The first-order valence-electron chi connectivity index (χ1n) is 7.49. The van der Waals surface area contributed by atoms with Crippen molar-refractivity contribution in [3.8, 4) is 0 Å². The Morgan fingerprint density at radius 1 is 1.22 bits per heavy atom. The summed E-state index contributed by atoms with van der Waals surface area (Å²) in [5.74, 6) is -0.193. The van der Waals surface area contributed by atoms with Gasteiger partial charge < -0.3 is 10.2 Å². The van der Waals surface area contributed by atoms with E-state index < -0.39 is 0 Å². The number of halogens is 2. The Hall–Kier alpha value is -2.07. The van der Waals surface area contributed by atoms with E-state index in [4.69, 9.17) is 11.6 Å². The summed E-state index contributed by atoms with van der Waals surface area (Å²) in [5, 5.41) is 3.55. The van der Waals surface area contributed by atoms with Gasteiger partial charge in [-0.3, -0.25) is 4.79 Å². The second-order valence-corrected chi connectivity index (χ2v) is 6.48. The molecule has 1 saturated carbocycles. The number of hydrogen-bond acceptors (Lipinski definition) is 2. The highest BCUT2D eigenvalue weighted by Gasteiger charge is 2.44. The van der Waals surface area contributed by atoms with Crippen LogP contribution in [0.25, 0.3) is 0 Å². The number of carbonyl (C=O) groups excluding carboxylic acids is 1. The van der Waals surface area contributed by atoms with Crippen LogP contribution in [0.4, 0.5) is 15.8 Å². The van der Waals surface area contributed by atoms with Gasteiger partial charge in [-0.05, 0) is 48.2 Å². The van der Waals surface area contributed by atoms with E-state index >= 15 is 0 Å². The number of carbonyl (C=O) groups is 1. The lowest BCUT2D eigenvalue weighted by molar-refractivity contribution is -0.117. The first kappa shape index (κ1) is 15.8. The SMILES string of the molecule is CN(C)c1ccc(Cl)cc1NC(=O)C1CC1c1ccc(F)cc1. The number of hydrogen-bond donors (Lipinski definition) is 1. The molecule has 0 saturated heterocycles. The van der Waals surface area contributed by atoms with Gasteiger partial charge in [0, 0.05) is 25.0 Å². The monoisotopic (exact) mass is 332 g/mol. The molecular weight excluding hydrogens is 315 g/mol. The molecule has 2 unspecified atom stereocenters. The quantitative estimate of drug-likeness (QED) is 0.906. The first-order chi connectivity index (χ1) is 11.0. The summed E-state index contributed by atoms with van der Waals surface area (Å²) in [5.41, 5.74) is 2.62. The number of amides is 1.